The van der Waals surface area contributed by atoms with Crippen molar-refractivity contribution in [1.82, 2.24) is 2.95 Å². The zero-order valence-electron chi connectivity index (χ0n) is 7.15. The molecule has 0 fully saturated rings. The highest BCUT2D eigenvalue weighted by Crippen LogP contribution is 2.17. The summed E-state index contributed by atoms with van der Waals surface area (Å²) in [6, 6.07) is 6.32. The van der Waals surface area contributed by atoms with Gasteiger partial charge in [-0.05, 0) is 24.1 Å². The smallest absolute Gasteiger partial charge is 0.219 e. The van der Waals surface area contributed by atoms with Crippen LogP contribution in [0.25, 0.3) is 0 Å². The summed E-state index contributed by atoms with van der Waals surface area (Å²) in [7, 11) is 0. The van der Waals surface area contributed by atoms with Gasteiger partial charge in [0.25, 0.3) is 0 Å². The lowest BCUT2D eigenvalue weighted by Crippen LogP contribution is -2.22. The first-order valence-electron chi connectivity index (χ1n) is 3.90. The van der Waals surface area contributed by atoms with Crippen LogP contribution in [0.5, 0.6) is 5.75 Å². The lowest BCUT2D eigenvalue weighted by molar-refractivity contribution is 0.475. The monoisotopic (exact) mass is 320 g/mol. The highest BCUT2D eigenvalue weighted by Gasteiger charge is 2.14. The summed E-state index contributed by atoms with van der Waals surface area (Å²) in [6.07, 6.45) is 2.41. The molecule has 75 valence electrons. The Hall–Kier alpha value is -0.390. The van der Waals surface area contributed by atoms with Crippen LogP contribution in [-0.4, -0.2) is 20.4 Å². The van der Waals surface area contributed by atoms with Crippen LogP contribution in [0.4, 0.5) is 0 Å². The van der Waals surface area contributed by atoms with Crippen molar-refractivity contribution < 1.29 is 9.90 Å². The number of aromatic hydroxyl groups is 1. The number of carbonyl (C=O) groups excluding carboxylic acids is 1. The summed E-state index contributed by atoms with van der Waals surface area (Å²) in [6.45, 7) is 0. The average molecular weight is 322 g/mol. The molecule has 1 N–H and O–H groups in total. The zero-order chi connectivity index (χ0) is 10.6. The second kappa shape index (κ2) is 5.48. The zero-order valence-corrected chi connectivity index (χ0v) is 10.3. The van der Waals surface area contributed by atoms with E-state index < -0.39 is 0 Å². The highest BCUT2D eigenvalue weighted by atomic mass is 79.9. The maximum Gasteiger partial charge on any atom is 0.219 e. The van der Waals surface area contributed by atoms with Gasteiger partial charge in [-0.15, -0.1) is 0 Å². The maximum atomic E-state index is 10.5. The minimum Gasteiger partial charge on any atom is -0.508 e. The number of halogens is 2. The molecular weight excluding hydrogens is 314 g/mol. The summed E-state index contributed by atoms with van der Waals surface area (Å²) in [5.41, 5.74) is 0.958. The van der Waals surface area contributed by atoms with Gasteiger partial charge in [-0.1, -0.05) is 12.1 Å². The molecule has 0 saturated carbocycles. The third kappa shape index (κ3) is 3.40. The SMILES string of the molecule is O=[C]C(Cc1ccc(O)cc1)N(Br)Br. The molecule has 0 aliphatic rings. The lowest BCUT2D eigenvalue weighted by Gasteiger charge is -2.12. The first kappa shape index (κ1) is 11.7. The lowest BCUT2D eigenvalue weighted by atomic mass is 10.1. The van der Waals surface area contributed by atoms with E-state index in [9.17, 15) is 4.79 Å². The molecule has 14 heavy (non-hydrogen) atoms. The van der Waals surface area contributed by atoms with Gasteiger partial charge in [0.15, 0.2) is 0 Å². The van der Waals surface area contributed by atoms with Crippen LogP contribution in [0.3, 0.4) is 0 Å². The van der Waals surface area contributed by atoms with Crippen LogP contribution < -0.4 is 0 Å². The maximum absolute atomic E-state index is 10.5. The standard InChI is InChI=1S/C9H8Br2NO2/c10-12(11)8(6-13)5-7-1-3-9(14)4-2-7/h1-4,8,14H,5H2. The fourth-order valence-corrected chi connectivity index (χ4v) is 1.46. The topological polar surface area (TPSA) is 40.5 Å². The number of nitrogens with zero attached hydrogens (tertiary/aromatic N) is 1. The Morgan fingerprint density at radius 3 is 2.36 bits per heavy atom. The molecule has 0 amide bonds. The van der Waals surface area contributed by atoms with Gasteiger partial charge in [0.2, 0.25) is 6.29 Å². The molecule has 1 radical (unpaired) electrons. The molecule has 0 saturated heterocycles. The van der Waals surface area contributed by atoms with Crippen LogP contribution in [0, 0.1) is 0 Å². The van der Waals surface area contributed by atoms with E-state index >= 15 is 0 Å². The largest absolute Gasteiger partial charge is 0.508 e. The number of benzene rings is 1. The number of rotatable bonds is 4. The molecule has 0 aromatic heterocycles. The van der Waals surface area contributed by atoms with Crippen molar-refractivity contribution in [1.29, 1.82) is 0 Å². The first-order chi connectivity index (χ1) is 6.63. The van der Waals surface area contributed by atoms with Gasteiger partial charge in [0.1, 0.15) is 11.8 Å². The predicted octanol–water partition coefficient (Wildman–Crippen LogP) is 2.33. The summed E-state index contributed by atoms with van der Waals surface area (Å²) >= 11 is 6.22. The van der Waals surface area contributed by atoms with Crippen LogP contribution >= 0.6 is 32.3 Å². The Balaban J connectivity index is 2.67. The predicted molar refractivity (Wildman–Crippen MR) is 61.0 cm³/mol. The van der Waals surface area contributed by atoms with E-state index in [-0.39, 0.29) is 11.8 Å². The number of hydrogen-bond donors (Lipinski definition) is 1. The van der Waals surface area contributed by atoms with E-state index in [0.29, 0.717) is 6.42 Å². The van der Waals surface area contributed by atoms with Crippen molar-refractivity contribution in [2.24, 2.45) is 0 Å². The van der Waals surface area contributed by atoms with Crippen molar-refractivity contribution in [3.05, 3.63) is 29.8 Å². The van der Waals surface area contributed by atoms with Gasteiger partial charge in [0.05, 0.1) is 0 Å². The van der Waals surface area contributed by atoms with E-state index in [2.05, 4.69) is 32.3 Å². The molecule has 0 aliphatic carbocycles. The van der Waals surface area contributed by atoms with E-state index in [4.69, 9.17) is 5.11 Å². The molecule has 0 heterocycles. The van der Waals surface area contributed by atoms with Gasteiger partial charge < -0.3 is 5.11 Å². The van der Waals surface area contributed by atoms with Gasteiger partial charge >= 0.3 is 0 Å². The summed E-state index contributed by atoms with van der Waals surface area (Å²) in [4.78, 5) is 10.5. The van der Waals surface area contributed by atoms with Gasteiger partial charge in [-0.3, -0.25) is 4.79 Å². The fraction of sp³-hybridized carbons (Fsp3) is 0.222. The van der Waals surface area contributed by atoms with Crippen LogP contribution in [0.15, 0.2) is 24.3 Å². The van der Waals surface area contributed by atoms with Crippen molar-refractivity contribution in [3.63, 3.8) is 0 Å². The third-order valence-corrected chi connectivity index (χ3v) is 2.73. The summed E-state index contributed by atoms with van der Waals surface area (Å²) in [5.74, 6) is 0.218. The first-order valence-corrected chi connectivity index (χ1v) is 5.31. The van der Waals surface area contributed by atoms with Gasteiger partial charge in [0, 0.05) is 32.3 Å². The summed E-state index contributed by atoms with van der Waals surface area (Å²) < 4.78 is 1.44. The average Bonchev–Trinajstić information content (AvgIpc) is 2.16. The summed E-state index contributed by atoms with van der Waals surface area (Å²) in [5, 5.41) is 9.05. The third-order valence-electron chi connectivity index (χ3n) is 1.74. The van der Waals surface area contributed by atoms with Crippen LogP contribution in [0.2, 0.25) is 0 Å². The molecule has 1 unspecified atom stereocenters. The number of phenolic OH excluding ortho intramolecular Hbond substituents is 1. The van der Waals surface area contributed by atoms with Gasteiger partial charge in [-0.2, -0.15) is 2.95 Å². The number of phenols is 1. The minimum absolute atomic E-state index is 0.218. The van der Waals surface area contributed by atoms with Crippen molar-refractivity contribution in [3.8, 4) is 5.75 Å². The van der Waals surface area contributed by atoms with Gasteiger partial charge in [-0.25, -0.2) is 0 Å². The second-order valence-electron chi connectivity index (χ2n) is 2.76. The Bertz CT molecular complexity index is 300. The number of hydrogen-bond acceptors (Lipinski definition) is 3. The van der Waals surface area contributed by atoms with E-state index in [1.165, 1.54) is 2.95 Å². The van der Waals surface area contributed by atoms with Crippen molar-refractivity contribution >= 4 is 38.6 Å². The Morgan fingerprint density at radius 2 is 1.93 bits per heavy atom. The molecular formula is C9H8Br2NO2. The molecule has 1 rings (SSSR count). The van der Waals surface area contributed by atoms with E-state index in [1.807, 2.05) is 6.29 Å². The Morgan fingerprint density at radius 1 is 1.36 bits per heavy atom. The molecule has 1 aromatic rings. The molecule has 0 aliphatic heterocycles. The van der Waals surface area contributed by atoms with E-state index in [1.54, 1.807) is 24.3 Å². The highest BCUT2D eigenvalue weighted by molar-refractivity contribution is 9.21. The Labute approximate surface area is 99.4 Å². The Kier molecular flexibility index (Phi) is 4.57. The molecule has 1 atom stereocenters. The molecule has 5 heteroatoms. The minimum atomic E-state index is -0.389. The molecule has 0 spiro atoms. The molecule has 3 nitrogen and oxygen atoms in total. The van der Waals surface area contributed by atoms with Crippen LogP contribution in [-0.2, 0) is 11.2 Å². The van der Waals surface area contributed by atoms with Crippen molar-refractivity contribution in [2.45, 2.75) is 12.5 Å². The quantitative estimate of drug-likeness (QED) is 0.865. The molecule has 0 bridgehead atoms. The molecule has 1 aromatic carbocycles. The normalized spacial score (nSPS) is 12.8. The van der Waals surface area contributed by atoms with E-state index in [0.717, 1.165) is 5.56 Å². The second-order valence-corrected chi connectivity index (χ2v) is 5.24. The van der Waals surface area contributed by atoms with Crippen molar-refractivity contribution in [2.75, 3.05) is 0 Å². The van der Waals surface area contributed by atoms with Crippen LogP contribution in [0.1, 0.15) is 5.56 Å². The fourth-order valence-electron chi connectivity index (χ4n) is 1.01.